The first-order chi connectivity index (χ1) is 19.6. The van der Waals surface area contributed by atoms with Gasteiger partial charge in [-0.05, 0) is 61.2 Å². The van der Waals surface area contributed by atoms with Crippen molar-refractivity contribution < 1.29 is 19.4 Å². The third kappa shape index (κ3) is 4.89. The minimum Gasteiger partial charge on any atom is -0.478 e. The molecule has 1 aromatic carbocycles. The van der Waals surface area contributed by atoms with Gasteiger partial charge in [-0.1, -0.05) is 6.07 Å². The maximum absolute atomic E-state index is 11.7. The van der Waals surface area contributed by atoms with E-state index < -0.39 is 5.97 Å². The largest absolute Gasteiger partial charge is 0.478 e. The number of hydrogen-bond donors (Lipinski definition) is 1. The summed E-state index contributed by atoms with van der Waals surface area (Å²) in [6, 6.07) is 15.9. The molecule has 3 fully saturated rings. The molecule has 0 amide bonds. The fourth-order valence-electron chi connectivity index (χ4n) is 6.16. The summed E-state index contributed by atoms with van der Waals surface area (Å²) in [5.74, 6) is 1.62. The van der Waals surface area contributed by atoms with Crippen LogP contribution in [-0.4, -0.2) is 73.4 Å². The molecule has 0 spiro atoms. The molecule has 0 saturated carbocycles. The number of fused-ring (bicyclic) bond motifs is 3. The van der Waals surface area contributed by atoms with Crippen LogP contribution in [0.25, 0.3) is 11.0 Å². The Balaban J connectivity index is 1.08. The average molecular weight is 541 g/mol. The normalized spacial score (nSPS) is 22.4. The van der Waals surface area contributed by atoms with E-state index in [1.54, 1.807) is 24.5 Å². The van der Waals surface area contributed by atoms with E-state index in [1.165, 1.54) is 0 Å². The summed E-state index contributed by atoms with van der Waals surface area (Å²) in [5, 5.41) is 9.56. The minimum atomic E-state index is -0.925. The first kappa shape index (κ1) is 25.0. The molecule has 3 saturated heterocycles. The lowest BCUT2D eigenvalue weighted by Crippen LogP contribution is -2.53. The monoisotopic (exact) mass is 540 g/mol. The Bertz CT molecular complexity index is 1510. The first-order valence-corrected chi connectivity index (χ1v) is 13.9. The number of carboxylic acid groups (broad SMARTS) is 1. The Morgan fingerprint density at radius 3 is 2.55 bits per heavy atom. The van der Waals surface area contributed by atoms with Gasteiger partial charge in [-0.25, -0.2) is 9.78 Å². The Morgan fingerprint density at radius 1 is 1.02 bits per heavy atom. The molecule has 4 aromatic rings. The molecule has 3 aliphatic heterocycles. The second kappa shape index (κ2) is 10.5. The molecule has 3 atom stereocenters. The second-order valence-corrected chi connectivity index (χ2v) is 10.9. The maximum Gasteiger partial charge on any atom is 0.335 e. The van der Waals surface area contributed by atoms with E-state index in [0.717, 1.165) is 73.7 Å². The molecule has 0 aliphatic carbocycles. The summed E-state index contributed by atoms with van der Waals surface area (Å²) in [6.07, 6.45) is 6.96. The molecule has 6 heterocycles. The van der Waals surface area contributed by atoms with Crippen molar-refractivity contribution in [2.45, 2.75) is 57.1 Å². The maximum atomic E-state index is 11.7. The van der Waals surface area contributed by atoms with Crippen molar-refractivity contribution in [3.8, 4) is 5.88 Å². The summed E-state index contributed by atoms with van der Waals surface area (Å²) < 4.78 is 13.9. The average Bonchev–Trinajstić information content (AvgIpc) is 3.40. The molecule has 3 aromatic heterocycles. The summed E-state index contributed by atoms with van der Waals surface area (Å²) in [6.45, 7) is 4.46. The number of ether oxygens (including phenoxy) is 2. The van der Waals surface area contributed by atoms with Crippen molar-refractivity contribution in [1.82, 2.24) is 24.4 Å². The zero-order valence-electron chi connectivity index (χ0n) is 22.2. The number of rotatable bonds is 9. The highest BCUT2D eigenvalue weighted by molar-refractivity contribution is 5.92. The molecular formula is C30H32N6O4. The Hall–Kier alpha value is -4.02. The van der Waals surface area contributed by atoms with Gasteiger partial charge in [-0.15, -0.1) is 0 Å². The van der Waals surface area contributed by atoms with Crippen molar-refractivity contribution in [3.05, 3.63) is 77.9 Å². The second-order valence-electron chi connectivity index (χ2n) is 10.9. The SMILES string of the molecule is O=C(O)c1ccc2nc(CN3C4CCC3CN(c3cccc(OCc5ccncc5)n3)C4)n(C[C@@H]3CCO3)c2c1. The molecule has 206 valence electrons. The van der Waals surface area contributed by atoms with E-state index in [-0.39, 0.29) is 11.7 Å². The zero-order chi connectivity index (χ0) is 27.1. The number of nitrogens with zero attached hydrogens (tertiary/aromatic N) is 6. The van der Waals surface area contributed by atoms with Gasteiger partial charge in [-0.2, -0.15) is 4.98 Å². The quantitative estimate of drug-likeness (QED) is 0.340. The van der Waals surface area contributed by atoms with Crippen LogP contribution in [0.1, 0.15) is 41.0 Å². The van der Waals surface area contributed by atoms with E-state index in [4.69, 9.17) is 19.4 Å². The van der Waals surface area contributed by atoms with Crippen molar-refractivity contribution in [2.75, 3.05) is 24.6 Å². The zero-order valence-corrected chi connectivity index (χ0v) is 22.2. The van der Waals surface area contributed by atoms with Crippen LogP contribution in [0.15, 0.2) is 60.9 Å². The van der Waals surface area contributed by atoms with Crippen LogP contribution < -0.4 is 9.64 Å². The van der Waals surface area contributed by atoms with Gasteiger partial charge in [0.25, 0.3) is 0 Å². The standard InChI is InChI=1S/C30H32N6O4/c37-30(38)21-4-7-25-26(14-21)36(17-24-10-13-39-24)28(32-25)18-35-22-5-6-23(35)16-34(15-22)27-2-1-3-29(33-27)40-19-20-8-11-31-12-9-20/h1-4,7-9,11-12,14,22-24H,5-6,10,13,15-19H2,(H,37,38)/t22?,23?,24-/m0/s1. The highest BCUT2D eigenvalue weighted by atomic mass is 16.5. The summed E-state index contributed by atoms with van der Waals surface area (Å²) >= 11 is 0. The van der Waals surface area contributed by atoms with Gasteiger partial charge in [0.15, 0.2) is 0 Å². The van der Waals surface area contributed by atoms with Crippen LogP contribution in [0.3, 0.4) is 0 Å². The molecule has 10 nitrogen and oxygen atoms in total. The molecule has 2 unspecified atom stereocenters. The first-order valence-electron chi connectivity index (χ1n) is 13.9. The molecule has 40 heavy (non-hydrogen) atoms. The van der Waals surface area contributed by atoms with Gasteiger partial charge in [-0.3, -0.25) is 9.88 Å². The lowest BCUT2D eigenvalue weighted by atomic mass is 10.1. The Kier molecular flexibility index (Phi) is 6.57. The number of carboxylic acids is 1. The fourth-order valence-corrected chi connectivity index (χ4v) is 6.16. The van der Waals surface area contributed by atoms with Gasteiger partial charge >= 0.3 is 5.97 Å². The van der Waals surface area contributed by atoms with Gasteiger partial charge in [0, 0.05) is 50.2 Å². The van der Waals surface area contributed by atoms with Crippen LogP contribution in [0, 0.1) is 0 Å². The van der Waals surface area contributed by atoms with Crippen LogP contribution in [-0.2, 0) is 24.4 Å². The van der Waals surface area contributed by atoms with Crippen molar-refractivity contribution in [3.63, 3.8) is 0 Å². The summed E-state index contributed by atoms with van der Waals surface area (Å²) in [4.78, 5) is 30.5. The van der Waals surface area contributed by atoms with E-state index >= 15 is 0 Å². The predicted molar refractivity (Wildman–Crippen MR) is 148 cm³/mol. The number of pyridine rings is 2. The smallest absolute Gasteiger partial charge is 0.335 e. The van der Waals surface area contributed by atoms with Crippen LogP contribution in [0.2, 0.25) is 0 Å². The van der Waals surface area contributed by atoms with Gasteiger partial charge in [0.1, 0.15) is 18.2 Å². The molecule has 7 rings (SSSR count). The summed E-state index contributed by atoms with van der Waals surface area (Å²) in [5.41, 5.74) is 3.04. The number of imidazole rings is 1. The number of benzene rings is 1. The van der Waals surface area contributed by atoms with Crippen LogP contribution in [0.4, 0.5) is 5.82 Å². The van der Waals surface area contributed by atoms with Gasteiger partial charge in [0.05, 0.1) is 35.8 Å². The number of hydrogen-bond acceptors (Lipinski definition) is 8. The van der Waals surface area contributed by atoms with Crippen LogP contribution in [0.5, 0.6) is 5.88 Å². The van der Waals surface area contributed by atoms with E-state index in [9.17, 15) is 9.90 Å². The lowest BCUT2D eigenvalue weighted by Gasteiger charge is -2.41. The third-order valence-electron chi connectivity index (χ3n) is 8.38. The Labute approximate surface area is 232 Å². The molecule has 10 heteroatoms. The van der Waals surface area contributed by atoms with E-state index in [2.05, 4.69) is 25.4 Å². The van der Waals surface area contributed by atoms with E-state index in [0.29, 0.717) is 31.1 Å². The highest BCUT2D eigenvalue weighted by Crippen LogP contribution is 2.34. The molecule has 3 aliphatic rings. The summed E-state index contributed by atoms with van der Waals surface area (Å²) in [7, 11) is 0. The highest BCUT2D eigenvalue weighted by Gasteiger charge is 2.41. The topological polar surface area (TPSA) is 106 Å². The van der Waals surface area contributed by atoms with Crippen LogP contribution >= 0.6 is 0 Å². The third-order valence-corrected chi connectivity index (χ3v) is 8.38. The number of anilines is 1. The molecule has 1 N–H and O–H groups in total. The van der Waals surface area contributed by atoms with E-state index in [1.807, 2.05) is 30.3 Å². The number of piperazine rings is 1. The minimum absolute atomic E-state index is 0.150. The molecule has 0 radical (unpaired) electrons. The lowest BCUT2D eigenvalue weighted by molar-refractivity contribution is -0.0592. The van der Waals surface area contributed by atoms with Gasteiger partial charge in [0.2, 0.25) is 5.88 Å². The number of aromatic carboxylic acids is 1. The predicted octanol–water partition coefficient (Wildman–Crippen LogP) is 3.75. The Morgan fingerprint density at radius 2 is 1.82 bits per heavy atom. The number of aromatic nitrogens is 4. The van der Waals surface area contributed by atoms with Gasteiger partial charge < -0.3 is 24.0 Å². The fraction of sp³-hybridized carbons (Fsp3) is 0.400. The van der Waals surface area contributed by atoms with Crippen molar-refractivity contribution in [2.24, 2.45) is 0 Å². The molecule has 2 bridgehead atoms. The van der Waals surface area contributed by atoms with Crippen molar-refractivity contribution >= 4 is 22.8 Å². The molecular weight excluding hydrogens is 508 g/mol. The van der Waals surface area contributed by atoms with Crippen molar-refractivity contribution in [1.29, 1.82) is 0 Å². The number of carbonyl (C=O) groups is 1.